The second kappa shape index (κ2) is 4.85. The molecule has 0 amide bonds. The second-order valence-corrected chi connectivity index (χ2v) is 8.72. The summed E-state index contributed by atoms with van der Waals surface area (Å²) in [4.78, 5) is 0.138. The Kier molecular flexibility index (Phi) is 3.42. The molecule has 8 heteroatoms. The Labute approximate surface area is 123 Å². The molecule has 0 bridgehead atoms. The molecule has 112 valence electrons. The predicted octanol–water partition coefficient (Wildman–Crippen LogP) is 1.58. The van der Waals surface area contributed by atoms with Crippen molar-refractivity contribution in [3.05, 3.63) is 0 Å². The lowest BCUT2D eigenvalue weighted by Crippen LogP contribution is -2.27. The van der Waals surface area contributed by atoms with E-state index in [-0.39, 0.29) is 10.7 Å². The quantitative estimate of drug-likeness (QED) is 0.832. The summed E-state index contributed by atoms with van der Waals surface area (Å²) in [5, 5.41) is 4.02. The van der Waals surface area contributed by atoms with Gasteiger partial charge < -0.3 is 11.1 Å². The zero-order chi connectivity index (χ0) is 14.5. The zero-order valence-corrected chi connectivity index (χ0v) is 13.3. The van der Waals surface area contributed by atoms with Crippen LogP contribution in [0.4, 0.5) is 10.8 Å². The molecule has 0 unspecified atom stereocenters. The van der Waals surface area contributed by atoms with Crippen molar-refractivity contribution in [3.8, 4) is 0 Å². The maximum absolute atomic E-state index is 12.4. The highest BCUT2D eigenvalue weighted by molar-refractivity contribution is 7.89. The first-order valence-electron chi connectivity index (χ1n) is 6.85. The Morgan fingerprint density at radius 1 is 1.30 bits per heavy atom. The fourth-order valence-corrected chi connectivity index (χ4v) is 4.61. The molecule has 0 radical (unpaired) electrons. The van der Waals surface area contributed by atoms with E-state index < -0.39 is 10.0 Å². The number of rotatable bonds is 6. The monoisotopic (exact) mass is 316 g/mol. The molecule has 0 aliphatic heterocycles. The first-order valence-corrected chi connectivity index (χ1v) is 9.07. The van der Waals surface area contributed by atoms with E-state index in [9.17, 15) is 8.42 Å². The highest BCUT2D eigenvalue weighted by atomic mass is 32.2. The Morgan fingerprint density at radius 3 is 2.30 bits per heavy atom. The number of hydrogen-bond acceptors (Lipinski definition) is 6. The minimum absolute atomic E-state index is 0.0940. The van der Waals surface area contributed by atoms with Gasteiger partial charge in [0.1, 0.15) is 5.00 Å². The number of nitrogens with zero attached hydrogens (tertiary/aromatic N) is 2. The average Bonchev–Trinajstić information content (AvgIpc) is 3.25. The molecule has 0 saturated heterocycles. The molecule has 20 heavy (non-hydrogen) atoms. The van der Waals surface area contributed by atoms with Gasteiger partial charge in [-0.05, 0) is 49.1 Å². The van der Waals surface area contributed by atoms with E-state index in [0.29, 0.717) is 22.9 Å². The van der Waals surface area contributed by atoms with E-state index >= 15 is 0 Å². The second-order valence-electron chi connectivity index (χ2n) is 5.86. The van der Waals surface area contributed by atoms with Crippen LogP contribution in [0.15, 0.2) is 4.90 Å². The van der Waals surface area contributed by atoms with Crippen molar-refractivity contribution in [2.75, 3.05) is 25.1 Å². The first kappa shape index (κ1) is 14.1. The van der Waals surface area contributed by atoms with Crippen molar-refractivity contribution >= 4 is 32.4 Å². The lowest BCUT2D eigenvalue weighted by molar-refractivity contribution is 0.520. The highest BCUT2D eigenvalue weighted by Gasteiger charge is 2.42. The van der Waals surface area contributed by atoms with Crippen molar-refractivity contribution in [1.82, 2.24) is 8.68 Å². The summed E-state index contributed by atoms with van der Waals surface area (Å²) in [5.74, 6) is 1.46. The van der Waals surface area contributed by atoms with Gasteiger partial charge in [0.25, 0.3) is 0 Å². The van der Waals surface area contributed by atoms with Crippen molar-refractivity contribution in [3.63, 3.8) is 0 Å². The van der Waals surface area contributed by atoms with Crippen LogP contribution < -0.4 is 11.1 Å². The molecule has 2 saturated carbocycles. The molecule has 2 fully saturated rings. The number of hydrogen-bond donors (Lipinski definition) is 2. The van der Waals surface area contributed by atoms with Crippen LogP contribution in [-0.2, 0) is 10.0 Å². The van der Waals surface area contributed by atoms with E-state index in [1.54, 1.807) is 0 Å². The summed E-state index contributed by atoms with van der Waals surface area (Å²) in [5.41, 5.74) is 5.78. The minimum atomic E-state index is -3.56. The third-order valence-electron chi connectivity index (χ3n) is 3.97. The van der Waals surface area contributed by atoms with Crippen molar-refractivity contribution in [2.45, 2.75) is 36.6 Å². The van der Waals surface area contributed by atoms with Gasteiger partial charge >= 0.3 is 0 Å². The Bertz CT molecular complexity index is 591. The number of anilines is 2. The van der Waals surface area contributed by atoms with E-state index in [2.05, 4.69) is 9.69 Å². The Balaban J connectivity index is 1.90. The van der Waals surface area contributed by atoms with Crippen LogP contribution in [-0.4, -0.2) is 37.2 Å². The van der Waals surface area contributed by atoms with E-state index in [1.165, 1.54) is 44.1 Å². The SMILES string of the molecule is CN(C)S(=O)(=O)c1c(N)nsc1NC(C1CC1)C1CC1. The van der Waals surface area contributed by atoms with E-state index in [4.69, 9.17) is 5.73 Å². The molecule has 1 heterocycles. The van der Waals surface area contributed by atoms with Crippen LogP contribution in [0.25, 0.3) is 0 Å². The highest BCUT2D eigenvalue weighted by Crippen LogP contribution is 2.47. The minimum Gasteiger partial charge on any atom is -0.382 e. The summed E-state index contributed by atoms with van der Waals surface area (Å²) in [6, 6.07) is 0.381. The maximum Gasteiger partial charge on any atom is 0.249 e. The van der Waals surface area contributed by atoms with Crippen LogP contribution in [0.1, 0.15) is 25.7 Å². The molecule has 0 atom stereocenters. The maximum atomic E-state index is 12.4. The van der Waals surface area contributed by atoms with Crippen LogP contribution in [0, 0.1) is 11.8 Å². The van der Waals surface area contributed by atoms with Crippen LogP contribution in [0.5, 0.6) is 0 Å². The van der Waals surface area contributed by atoms with Gasteiger partial charge in [-0.25, -0.2) is 12.7 Å². The lowest BCUT2D eigenvalue weighted by Gasteiger charge is -2.19. The molecule has 1 aromatic heterocycles. The zero-order valence-electron chi connectivity index (χ0n) is 11.7. The molecular formula is C12H20N4O2S2. The summed E-state index contributed by atoms with van der Waals surface area (Å²) >= 11 is 1.15. The number of nitrogen functional groups attached to an aromatic ring is 1. The van der Waals surface area contributed by atoms with Gasteiger partial charge in [-0.3, -0.25) is 0 Å². The molecule has 3 N–H and O–H groups in total. The average molecular weight is 316 g/mol. The fourth-order valence-electron chi connectivity index (χ4n) is 2.50. The van der Waals surface area contributed by atoms with Crippen molar-refractivity contribution in [1.29, 1.82) is 0 Å². The predicted molar refractivity (Wildman–Crippen MR) is 80.3 cm³/mol. The first-order chi connectivity index (χ1) is 9.41. The van der Waals surface area contributed by atoms with E-state index in [1.807, 2.05) is 0 Å². The van der Waals surface area contributed by atoms with Crippen LogP contribution in [0.2, 0.25) is 0 Å². The van der Waals surface area contributed by atoms with Crippen molar-refractivity contribution in [2.24, 2.45) is 11.8 Å². The third-order valence-corrected chi connectivity index (χ3v) is 6.78. The van der Waals surface area contributed by atoms with Gasteiger partial charge in [-0.15, -0.1) is 0 Å². The normalized spacial score (nSPS) is 19.8. The molecule has 1 aromatic rings. The molecular weight excluding hydrogens is 296 g/mol. The van der Waals surface area contributed by atoms with Gasteiger partial charge in [-0.1, -0.05) is 0 Å². The summed E-state index contributed by atoms with van der Waals surface area (Å²) < 4.78 is 29.9. The molecule has 2 aliphatic rings. The summed E-state index contributed by atoms with van der Waals surface area (Å²) in [7, 11) is -0.539. The molecule has 6 nitrogen and oxygen atoms in total. The summed E-state index contributed by atoms with van der Waals surface area (Å²) in [6.45, 7) is 0. The van der Waals surface area contributed by atoms with Gasteiger partial charge in [0.05, 0.1) is 0 Å². The topological polar surface area (TPSA) is 88.3 Å². The lowest BCUT2D eigenvalue weighted by atomic mass is 10.1. The molecule has 3 rings (SSSR count). The third kappa shape index (κ3) is 2.51. The van der Waals surface area contributed by atoms with E-state index in [0.717, 1.165) is 11.5 Å². The van der Waals surface area contributed by atoms with Crippen molar-refractivity contribution < 1.29 is 8.42 Å². The van der Waals surface area contributed by atoms with Crippen LogP contribution >= 0.6 is 11.5 Å². The fraction of sp³-hybridized carbons (Fsp3) is 0.750. The standard InChI is InChI=1S/C12H20N4O2S2/c1-16(2)20(17,18)10-11(13)15-19-12(10)14-9(7-3-4-7)8-5-6-8/h7-9,14H,3-6H2,1-2H3,(H2,13,15). The van der Waals surface area contributed by atoms with Crippen LogP contribution in [0.3, 0.4) is 0 Å². The number of nitrogens with two attached hydrogens (primary N) is 1. The Hall–Kier alpha value is -0.860. The molecule has 2 aliphatic carbocycles. The molecule has 0 aromatic carbocycles. The van der Waals surface area contributed by atoms with Gasteiger partial charge in [-0.2, -0.15) is 4.37 Å². The molecule has 0 spiro atoms. The van der Waals surface area contributed by atoms with Gasteiger partial charge in [0.15, 0.2) is 10.7 Å². The Morgan fingerprint density at radius 2 is 1.85 bits per heavy atom. The number of nitrogens with one attached hydrogen (secondary N) is 1. The van der Waals surface area contributed by atoms with Gasteiger partial charge in [0, 0.05) is 20.1 Å². The number of sulfonamides is 1. The van der Waals surface area contributed by atoms with Gasteiger partial charge in [0.2, 0.25) is 10.0 Å². The number of aromatic nitrogens is 1. The summed E-state index contributed by atoms with van der Waals surface area (Å²) in [6.07, 6.45) is 4.94. The largest absolute Gasteiger partial charge is 0.382 e. The smallest absolute Gasteiger partial charge is 0.249 e.